The predicted molar refractivity (Wildman–Crippen MR) is 498 cm³/mol. The molecule has 34 nitrogen and oxygen atoms in total. The Hall–Kier alpha value is -14.8. The molecule has 0 unspecified atom stereocenters. The molecule has 3 N–H and O–H groups in total. The van der Waals surface area contributed by atoms with E-state index in [1.165, 1.54) is 65.4 Å². The third-order valence-corrected chi connectivity index (χ3v) is 21.0. The summed E-state index contributed by atoms with van der Waals surface area (Å²) < 4.78 is 31.9. The first-order chi connectivity index (χ1) is 64.3. The van der Waals surface area contributed by atoms with Gasteiger partial charge in [0.05, 0.1) is 73.9 Å². The van der Waals surface area contributed by atoms with Crippen LogP contribution in [0.3, 0.4) is 0 Å². The number of para-hydroxylation sites is 2. The summed E-state index contributed by atoms with van der Waals surface area (Å²) in [6, 6.07) is 49.9. The Bertz CT molecular complexity index is 6600. The number of anilines is 2. The number of nitrogens with one attached hydrogen (secondary N) is 1. The van der Waals surface area contributed by atoms with E-state index in [2.05, 4.69) is 91.3 Å². The SMILES string of the molecule is C=CB(F)F.C=Cc1cc2c(cn1)CN(C(=O)Cc1nc(-c3cccnc3)ccc1[N+](=O)[O-])C2.CCc1cc2c(cn1)CN(C(=O)Cc1nc(-c3cccnc3)ccc1N)C2.Cl.Clc1cc2c(cn1)CNC2.O=C(Cc1nc(-c2cccnc2)ccc1[N+](=O)[O-])N1Cc2cnc(Cl)cc2C1.O=C(Oc1ccccc1)N(C(=O)Oc1ccccc1)c1nc(-c2cccnc2)ccc1[N+](=O)[O-].[F-].[K+]. The third-order valence-electron chi connectivity index (χ3n) is 20.6. The van der Waals surface area contributed by atoms with Crippen molar-refractivity contribution in [1.29, 1.82) is 0 Å². The van der Waals surface area contributed by atoms with E-state index in [9.17, 15) is 62.9 Å². The van der Waals surface area contributed by atoms with E-state index in [-0.39, 0.29) is 145 Å². The zero-order valence-corrected chi connectivity index (χ0v) is 78.0. The first kappa shape index (κ1) is 103. The van der Waals surface area contributed by atoms with Crippen molar-refractivity contribution in [3.63, 3.8) is 0 Å². The van der Waals surface area contributed by atoms with Gasteiger partial charge in [0, 0.05) is 173 Å². The summed E-state index contributed by atoms with van der Waals surface area (Å²) in [5.74, 6) is -0.182. The van der Waals surface area contributed by atoms with Crippen LogP contribution in [0.5, 0.6) is 11.5 Å². The molecule has 0 saturated carbocycles. The maximum Gasteiger partial charge on any atom is 1.00 e. The van der Waals surface area contributed by atoms with Crippen molar-refractivity contribution in [3.8, 4) is 56.5 Å². The fourth-order valence-electron chi connectivity index (χ4n) is 13.8. The number of carbonyl (C=O) groups is 5. The number of amides is 5. The molecule has 0 radical (unpaired) electrons. The minimum absolute atomic E-state index is 0. The normalized spacial score (nSPS) is 11.8. The smallest absolute Gasteiger partial charge is 1.00 e. The monoisotopic (exact) mass is 1920 g/mol. The molecular weight excluding hydrogens is 1840 g/mol. The van der Waals surface area contributed by atoms with Crippen LogP contribution in [-0.4, -0.2) is 126 Å². The van der Waals surface area contributed by atoms with Crippen molar-refractivity contribution < 1.29 is 113 Å². The molecule has 0 bridgehead atoms. The molecule has 0 aliphatic carbocycles. The Morgan fingerprint density at radius 3 is 1.24 bits per heavy atom. The van der Waals surface area contributed by atoms with E-state index in [1.807, 2.05) is 53.7 Å². The molecule has 5 amide bonds. The fourth-order valence-corrected chi connectivity index (χ4v) is 14.2. The Morgan fingerprint density at radius 2 is 0.831 bits per heavy atom. The molecule has 0 atom stereocenters. The van der Waals surface area contributed by atoms with E-state index in [4.69, 9.17) is 38.4 Å². The van der Waals surface area contributed by atoms with E-state index in [0.29, 0.717) is 88.8 Å². The maximum absolute atomic E-state index is 13.1. The number of hydrogen-bond acceptors (Lipinski definition) is 27. The number of hydrogen-bond donors (Lipinski definition) is 2. The number of aryl methyl sites for hydroxylation is 1. The summed E-state index contributed by atoms with van der Waals surface area (Å²) in [6.07, 6.45) is 20.1. The van der Waals surface area contributed by atoms with Gasteiger partial charge >= 0.3 is 76.5 Å². The van der Waals surface area contributed by atoms with Crippen LogP contribution in [0.1, 0.15) is 79.9 Å². The largest absolute Gasteiger partial charge is 1.00 e. The molecule has 18 rings (SSSR count). The summed E-state index contributed by atoms with van der Waals surface area (Å²) >= 11 is 11.6. The van der Waals surface area contributed by atoms with E-state index in [0.717, 1.165) is 87.2 Å². The molecule has 42 heteroatoms. The Labute approximate surface area is 834 Å². The zero-order valence-electron chi connectivity index (χ0n) is 72.6. The number of fused-ring (bicyclic) bond motifs is 4. The zero-order chi connectivity index (χ0) is 94.0. The predicted octanol–water partition coefficient (Wildman–Crippen LogP) is 11.3. The van der Waals surface area contributed by atoms with Crippen molar-refractivity contribution in [2.75, 3.05) is 10.6 Å². The van der Waals surface area contributed by atoms with Crippen molar-refractivity contribution >= 4 is 107 Å². The van der Waals surface area contributed by atoms with Gasteiger partial charge in [-0.2, -0.15) is 4.90 Å². The van der Waals surface area contributed by atoms with Gasteiger partial charge in [-0.25, -0.2) is 34.5 Å². The number of imide groups is 1. The molecular formula is C94H79BCl3F3KN21O13. The maximum atomic E-state index is 13.1. The van der Waals surface area contributed by atoms with Gasteiger partial charge < -0.3 is 39.9 Å². The molecule has 0 spiro atoms. The van der Waals surface area contributed by atoms with Crippen molar-refractivity contribution in [3.05, 3.63) is 389 Å². The quantitative estimate of drug-likeness (QED) is 0.0328. The number of carbonyl (C=O) groups excluding carboxylic acids is 5. The van der Waals surface area contributed by atoms with Gasteiger partial charge in [0.2, 0.25) is 23.5 Å². The second kappa shape index (κ2) is 49.8. The molecule has 0 saturated heterocycles. The van der Waals surface area contributed by atoms with Gasteiger partial charge in [0.15, 0.2) is 0 Å². The number of halogens is 6. The molecule has 16 heterocycles. The van der Waals surface area contributed by atoms with Crippen LogP contribution < -0.4 is 81.5 Å². The van der Waals surface area contributed by atoms with E-state index >= 15 is 0 Å². The molecule has 0 fully saturated rings. The van der Waals surface area contributed by atoms with Crippen molar-refractivity contribution in [2.24, 2.45) is 0 Å². The summed E-state index contributed by atoms with van der Waals surface area (Å²) in [7, 11) is -2.35. The molecule has 14 aromatic rings. The number of nitrogens with zero attached hydrogens (tertiary/aromatic N) is 19. The topological polar surface area (TPSA) is 439 Å². The number of nitrogen functional groups attached to an aromatic ring is 1. The van der Waals surface area contributed by atoms with Crippen LogP contribution in [0.15, 0.2) is 275 Å². The Kier molecular flexibility index (Phi) is 37.8. The number of nitrogens with two attached hydrogens (primary N) is 1. The van der Waals surface area contributed by atoms with Crippen LogP contribution >= 0.6 is 35.6 Å². The van der Waals surface area contributed by atoms with E-state index < -0.39 is 45.7 Å². The molecule has 4 aliphatic rings. The summed E-state index contributed by atoms with van der Waals surface area (Å²) in [5, 5.41) is 38.8. The minimum Gasteiger partial charge on any atom is -1.00 e. The number of aromatic nitrogens is 12. The Balaban J connectivity index is 0.000000177. The standard InChI is InChI=1S/C24H16N4O6.C21H17N5O3.C21H21N5O.C19H14ClN5O3.C7H7ClN2.C2H3BF2.ClH.FH.K/c29-23(33-18-9-3-1-4-10-18)27(24(30)34-19-11-5-2-6-12-19)22-21(28(31)32)14-13-20(26-22)17-8-7-15-25-16-17;1-2-17-8-15-12-25(13-16(15)11-23-17)21(27)9-19-20(26(28)29)6-5-18(24-19)14-4-3-7-22-10-14;1-2-17-8-15-12-26(13-16(15)11-24-17)21(27)9-20-18(22)5-6-19(25-20)14-4-3-7-23-10-14;20-18-6-13-10-24(11-14(13)9-22-18)19(26)7-16-17(25(27)28)4-3-15(23-16)12-2-1-5-21-8-12;8-7-1-5-2-9-3-6(5)4-10-7;1-2-3(4)5;;;/h1-16H;2-8,10-11H,1,9,12-13H2;3-8,10-11H,2,9,12-13,22H2,1H3;1-6,8-9H,7,10-11H2;1,4,9H,2-3H2;2H,1H2;2*1H;/q;;;;;;;;+1/p-1. The molecule has 2 aromatic carbocycles. The minimum atomic E-state index is -2.35. The van der Waals surface area contributed by atoms with Crippen LogP contribution in [0.25, 0.3) is 51.1 Å². The molecule has 4 aliphatic heterocycles. The third kappa shape index (κ3) is 27.7. The number of nitro groups is 3. The second-order valence-electron chi connectivity index (χ2n) is 29.4. The van der Waals surface area contributed by atoms with Gasteiger partial charge in [-0.1, -0.05) is 79.1 Å². The van der Waals surface area contributed by atoms with Crippen LogP contribution in [-0.2, 0) is 92.4 Å². The van der Waals surface area contributed by atoms with Crippen LogP contribution in [0.4, 0.5) is 46.8 Å². The summed E-state index contributed by atoms with van der Waals surface area (Å²) in [4.78, 5) is 153. The number of ether oxygens (including phenoxy) is 2. The average Bonchev–Trinajstić information content (AvgIpc) is 1.32. The second-order valence-corrected chi connectivity index (χ2v) is 30.2. The number of rotatable bonds is 19. The van der Waals surface area contributed by atoms with Gasteiger partial charge in [0.25, 0.3) is 11.4 Å². The number of benzene rings is 2. The number of pyridine rings is 12. The molecule has 136 heavy (non-hydrogen) atoms. The summed E-state index contributed by atoms with van der Waals surface area (Å²) in [6.45, 7) is 13.3. The van der Waals surface area contributed by atoms with Crippen molar-refractivity contribution in [2.45, 2.75) is 85.0 Å². The molecule has 684 valence electrons. The van der Waals surface area contributed by atoms with Crippen molar-refractivity contribution in [1.82, 2.24) is 79.8 Å². The van der Waals surface area contributed by atoms with Crippen LogP contribution in [0, 0.1) is 30.3 Å². The van der Waals surface area contributed by atoms with E-state index in [1.54, 1.807) is 163 Å². The first-order valence-corrected chi connectivity index (χ1v) is 41.5. The van der Waals surface area contributed by atoms with Gasteiger partial charge in [0.1, 0.15) is 33.2 Å². The van der Waals surface area contributed by atoms with Gasteiger partial charge in [-0.3, -0.25) is 88.2 Å². The van der Waals surface area contributed by atoms with Crippen LogP contribution in [0.2, 0.25) is 10.3 Å². The van der Waals surface area contributed by atoms with Gasteiger partial charge in [-0.15, -0.1) is 19.0 Å². The fraction of sp³-hybridized carbons (Fsp3) is 0.138. The first-order valence-electron chi connectivity index (χ1n) is 40.8. The van der Waals surface area contributed by atoms with Gasteiger partial charge in [-0.05, 0) is 184 Å². The average molecular weight is 1920 g/mol. The Morgan fingerprint density at radius 1 is 0.471 bits per heavy atom. The molecule has 12 aromatic heterocycles. The summed E-state index contributed by atoms with van der Waals surface area (Å²) in [5.41, 5.74) is 22.0.